The Morgan fingerprint density at radius 2 is 1.35 bits per heavy atom. The number of carboxylic acid groups (broad SMARTS) is 1. The van der Waals surface area contributed by atoms with E-state index < -0.39 is 29.9 Å². The Balaban J connectivity index is 0.000000253. The number of rotatable bonds is 18. The van der Waals surface area contributed by atoms with Gasteiger partial charge in [0.25, 0.3) is 5.91 Å². The maximum absolute atomic E-state index is 12.3. The number of aliphatic carboxylic acids is 1. The maximum Gasteiger partial charge on any atom is 0.326 e. The smallest absolute Gasteiger partial charge is 0.326 e. The lowest BCUT2D eigenvalue weighted by Crippen LogP contribution is -2.42. The van der Waals surface area contributed by atoms with Gasteiger partial charge in [0.05, 0.1) is 37.7 Å². The van der Waals surface area contributed by atoms with E-state index in [-0.39, 0.29) is 11.3 Å². The summed E-state index contributed by atoms with van der Waals surface area (Å²) >= 11 is 7.09. The van der Waals surface area contributed by atoms with Crippen LogP contribution in [-0.2, 0) is 40.0 Å². The van der Waals surface area contributed by atoms with E-state index in [9.17, 15) is 19.5 Å². The van der Waals surface area contributed by atoms with E-state index in [1.54, 1.807) is 35.8 Å². The number of carbonyl (C=O) groups is 3. The van der Waals surface area contributed by atoms with Crippen LogP contribution in [0.4, 0.5) is 11.6 Å². The molecule has 15 nitrogen and oxygen atoms in total. The second-order valence-corrected chi connectivity index (χ2v) is 13.0. The highest BCUT2D eigenvalue weighted by Gasteiger charge is 2.23. The molecule has 5 aromatic heterocycles. The van der Waals surface area contributed by atoms with E-state index >= 15 is 0 Å². The number of nitrogens with zero attached hydrogens (tertiary/aromatic N) is 4. The van der Waals surface area contributed by atoms with Gasteiger partial charge in [-0.05, 0) is 60.0 Å². The Kier molecular flexibility index (Phi) is 16.6. The van der Waals surface area contributed by atoms with Gasteiger partial charge in [-0.15, -0.1) is 11.3 Å². The lowest BCUT2D eigenvalue weighted by Gasteiger charge is -2.14. The molecule has 0 spiro atoms. The molecule has 0 aromatic carbocycles. The molecule has 0 aliphatic heterocycles. The van der Waals surface area contributed by atoms with Crippen LogP contribution in [-0.4, -0.2) is 89.4 Å². The summed E-state index contributed by atoms with van der Waals surface area (Å²) in [5, 5.41) is 19.9. The number of pyridine rings is 4. The molecule has 0 saturated heterocycles. The number of amides is 1. The molecular weight excluding hydrogens is 748 g/mol. The van der Waals surface area contributed by atoms with Crippen molar-refractivity contribution in [2.45, 2.75) is 37.8 Å². The van der Waals surface area contributed by atoms with Gasteiger partial charge in [0, 0.05) is 62.6 Å². The maximum atomic E-state index is 12.3. The summed E-state index contributed by atoms with van der Waals surface area (Å²) in [6.07, 6.45) is 4.85. The fraction of sp³-hybridized carbons (Fsp3) is 0.289. The number of aromatic nitrogens is 4. The minimum atomic E-state index is -1.15. The van der Waals surface area contributed by atoms with E-state index in [4.69, 9.17) is 26.8 Å². The number of esters is 1. The van der Waals surface area contributed by atoms with E-state index in [1.807, 2.05) is 56.6 Å². The van der Waals surface area contributed by atoms with Crippen LogP contribution in [0.3, 0.4) is 0 Å². The molecule has 0 radical (unpaired) electrons. The molecule has 0 aliphatic carbocycles. The van der Waals surface area contributed by atoms with Crippen LogP contribution in [0.1, 0.15) is 32.4 Å². The van der Waals surface area contributed by atoms with E-state index in [0.29, 0.717) is 60.4 Å². The fourth-order valence-corrected chi connectivity index (χ4v) is 5.89. The first-order valence-electron chi connectivity index (χ1n) is 17.1. The summed E-state index contributed by atoms with van der Waals surface area (Å²) in [5.74, 6) is 0.728. The van der Waals surface area contributed by atoms with Crippen LogP contribution in [0.5, 0.6) is 11.5 Å². The fourth-order valence-electron chi connectivity index (χ4n) is 4.85. The number of hydrogen-bond acceptors (Lipinski definition) is 14. The topological polar surface area (TPSA) is 213 Å². The first-order valence-corrected chi connectivity index (χ1v) is 18.4. The van der Waals surface area contributed by atoms with Crippen molar-refractivity contribution < 1.29 is 33.7 Å². The van der Waals surface area contributed by atoms with Gasteiger partial charge in [-0.25, -0.2) is 14.8 Å². The average molecular weight is 791 g/mol. The summed E-state index contributed by atoms with van der Waals surface area (Å²) in [6.45, 7) is 0.930. The van der Waals surface area contributed by atoms with Crippen molar-refractivity contribution in [2.75, 3.05) is 45.1 Å². The van der Waals surface area contributed by atoms with Crippen LogP contribution in [0.15, 0.2) is 84.5 Å². The number of anilines is 2. The molecule has 5 heterocycles. The van der Waals surface area contributed by atoms with Crippen LogP contribution in [0.25, 0.3) is 0 Å². The van der Waals surface area contributed by atoms with Crippen LogP contribution in [0.2, 0.25) is 5.02 Å². The van der Waals surface area contributed by atoms with Crippen LogP contribution in [0, 0.1) is 0 Å². The normalized spacial score (nSPS) is 11.6. The minimum absolute atomic E-state index is 0.0328. The summed E-state index contributed by atoms with van der Waals surface area (Å²) in [5.41, 5.74) is 8.79. The molecule has 5 rings (SSSR count). The van der Waals surface area contributed by atoms with Crippen LogP contribution < -0.4 is 31.2 Å². The quantitative estimate of drug-likeness (QED) is 0.0776. The average Bonchev–Trinajstić information content (AvgIpc) is 3.64. The lowest BCUT2D eigenvalue weighted by molar-refractivity contribution is -0.142. The molecule has 0 aliphatic rings. The Labute approximate surface area is 327 Å². The molecule has 55 heavy (non-hydrogen) atoms. The van der Waals surface area contributed by atoms with Crippen molar-refractivity contribution in [1.29, 1.82) is 0 Å². The highest BCUT2D eigenvalue weighted by molar-refractivity contribution is 7.12. The predicted molar refractivity (Wildman–Crippen MR) is 210 cm³/mol. The zero-order valence-corrected chi connectivity index (χ0v) is 32.1. The van der Waals surface area contributed by atoms with Gasteiger partial charge in [-0.1, -0.05) is 23.7 Å². The standard InChI is InChI=1S/C21H21ClN4O4S.C17H22N4O3/c1-23-18-4-2-3-13(25-18)7-9-30-15-6-5-14(24-12-15)11-17(21(28)29)26-20(27)19-16(22)8-10-31-19;1-19-16-5-3-4-12(21-16)8-9-24-14-7-6-13(20-11-14)10-15(18)17(22)23-2/h2-6,8,10,12,17H,7,9,11H2,1H3,(H,23,25)(H,26,27)(H,28,29);3-7,11,15H,8-10,18H2,1-2H3,(H,19,21)/t17-;15-/m00/s1. The number of halogens is 1. The summed E-state index contributed by atoms with van der Waals surface area (Å²) in [6, 6.07) is 18.3. The van der Waals surface area contributed by atoms with Gasteiger partial charge >= 0.3 is 11.9 Å². The van der Waals surface area contributed by atoms with E-state index in [2.05, 4.69) is 40.6 Å². The number of nitrogens with one attached hydrogen (secondary N) is 3. The SMILES string of the molecule is CNc1cccc(CCOc2ccc(C[C@H](N)C(=O)OC)nc2)n1.CNc1cccc(CCOc2ccc(C[C@H](NC(=O)c3sccc3Cl)C(=O)O)nc2)n1. The predicted octanol–water partition coefficient (Wildman–Crippen LogP) is 4.46. The van der Waals surface area contributed by atoms with Crippen molar-refractivity contribution in [3.05, 3.63) is 117 Å². The lowest BCUT2D eigenvalue weighted by atomic mass is 10.1. The number of methoxy groups -OCH3 is 1. The third-order valence-electron chi connectivity index (χ3n) is 7.75. The summed E-state index contributed by atoms with van der Waals surface area (Å²) in [4.78, 5) is 52.8. The third-order valence-corrected chi connectivity index (χ3v) is 9.09. The molecule has 1 amide bonds. The molecule has 0 bridgehead atoms. The molecule has 290 valence electrons. The van der Waals surface area contributed by atoms with Gasteiger partial charge in [0.1, 0.15) is 40.1 Å². The molecular formula is C38H43ClN8O7S. The van der Waals surface area contributed by atoms with E-state index in [0.717, 1.165) is 34.4 Å². The molecule has 0 saturated carbocycles. The number of hydrogen-bond donors (Lipinski definition) is 5. The highest BCUT2D eigenvalue weighted by Crippen LogP contribution is 2.22. The van der Waals surface area contributed by atoms with Crippen molar-refractivity contribution in [3.63, 3.8) is 0 Å². The number of thiophene rings is 1. The zero-order chi connectivity index (χ0) is 39.6. The zero-order valence-electron chi connectivity index (χ0n) is 30.5. The molecule has 5 aromatic rings. The number of carbonyl (C=O) groups excluding carboxylic acids is 2. The number of ether oxygens (including phenoxy) is 3. The van der Waals surface area contributed by atoms with E-state index in [1.165, 1.54) is 13.3 Å². The molecule has 17 heteroatoms. The van der Waals surface area contributed by atoms with Crippen molar-refractivity contribution in [3.8, 4) is 11.5 Å². The Morgan fingerprint density at radius 3 is 1.78 bits per heavy atom. The Bertz CT molecular complexity index is 1980. The largest absolute Gasteiger partial charge is 0.492 e. The molecule has 0 unspecified atom stereocenters. The van der Waals surface area contributed by atoms with Gasteiger partial charge in [0.2, 0.25) is 0 Å². The summed E-state index contributed by atoms with van der Waals surface area (Å²) in [7, 11) is 4.96. The second-order valence-electron chi connectivity index (χ2n) is 11.7. The van der Waals surface area contributed by atoms with Crippen LogP contribution >= 0.6 is 22.9 Å². The van der Waals surface area contributed by atoms with Crippen molar-refractivity contribution >= 4 is 52.4 Å². The van der Waals surface area contributed by atoms with Gasteiger partial charge < -0.3 is 41.0 Å². The van der Waals surface area contributed by atoms with Gasteiger partial charge in [-0.3, -0.25) is 19.6 Å². The molecule has 2 atom stereocenters. The third kappa shape index (κ3) is 13.8. The second kappa shape index (κ2) is 21.8. The highest BCUT2D eigenvalue weighted by atomic mass is 35.5. The number of carboxylic acids is 1. The molecule has 0 fully saturated rings. The van der Waals surface area contributed by atoms with Gasteiger partial charge in [0.15, 0.2) is 0 Å². The van der Waals surface area contributed by atoms with Gasteiger partial charge in [-0.2, -0.15) is 0 Å². The Hall–Kier alpha value is -5.84. The first-order chi connectivity index (χ1) is 26.6. The number of nitrogens with two attached hydrogens (primary N) is 1. The minimum Gasteiger partial charge on any atom is -0.492 e. The van der Waals surface area contributed by atoms with Crippen molar-refractivity contribution in [2.24, 2.45) is 5.73 Å². The monoisotopic (exact) mass is 790 g/mol. The summed E-state index contributed by atoms with van der Waals surface area (Å²) < 4.78 is 16.0. The first kappa shape index (κ1) is 41.9. The Morgan fingerprint density at radius 1 is 0.800 bits per heavy atom. The molecule has 6 N–H and O–H groups in total. The van der Waals surface area contributed by atoms with Crippen molar-refractivity contribution in [1.82, 2.24) is 25.3 Å².